The van der Waals surface area contributed by atoms with Crippen LogP contribution in [0.3, 0.4) is 0 Å². The zero-order chi connectivity index (χ0) is 33.2. The van der Waals surface area contributed by atoms with Gasteiger partial charge >= 0.3 is 0 Å². The Morgan fingerprint density at radius 1 is 1.18 bits per heavy atom. The van der Waals surface area contributed by atoms with Gasteiger partial charge in [-0.1, -0.05) is 19.1 Å². The van der Waals surface area contributed by atoms with Crippen molar-refractivity contribution in [3.8, 4) is 22.8 Å². The zero-order valence-corrected chi connectivity index (χ0v) is 28.0. The number of aromatic nitrogens is 1. The maximum Gasteiger partial charge on any atom is 0.163 e. The van der Waals surface area contributed by atoms with Gasteiger partial charge in [0.05, 0.1) is 40.2 Å². The number of nitrogens with zero attached hydrogens (tertiary/aromatic N) is 1. The fourth-order valence-electron chi connectivity index (χ4n) is 5.29. The number of aryl methyl sites for hydroxylation is 1. The molecular weight excluding hydrogens is 595 g/mol. The topological polar surface area (TPSA) is 118 Å². The molecule has 8 nitrogen and oxygen atoms in total. The van der Waals surface area contributed by atoms with Gasteiger partial charge in [0.1, 0.15) is 29.5 Å². The molecule has 1 aromatic heterocycles. The molecule has 1 aliphatic rings. The molecule has 3 N–H and O–H groups in total. The quantitative estimate of drug-likeness (QED) is 0.193. The van der Waals surface area contributed by atoms with E-state index in [-0.39, 0.29) is 25.2 Å². The summed E-state index contributed by atoms with van der Waals surface area (Å²) in [6, 6.07) is 12.9. The van der Waals surface area contributed by atoms with Crippen LogP contribution in [0.1, 0.15) is 94.4 Å². The van der Waals surface area contributed by atoms with Gasteiger partial charge in [-0.2, -0.15) is 0 Å². The first-order valence-electron chi connectivity index (χ1n) is 15.3. The number of Topliss-reactive ketones (excluding diaryl/α,β-unsaturated/α-hetero) is 1. The fraction of sp³-hybridized carbons (Fsp3) is 0.486. The number of benzene rings is 2. The summed E-state index contributed by atoms with van der Waals surface area (Å²) in [5.74, 6) is 0.508. The molecule has 244 valence electrons. The molecule has 2 heterocycles. The highest BCUT2D eigenvalue weighted by molar-refractivity contribution is 7.84. The smallest absolute Gasteiger partial charge is 0.163 e. The van der Waals surface area contributed by atoms with E-state index in [0.29, 0.717) is 58.8 Å². The average Bonchev–Trinajstić information content (AvgIpc) is 3.36. The van der Waals surface area contributed by atoms with Crippen molar-refractivity contribution in [2.24, 2.45) is 0 Å². The Hall–Kier alpha value is -3.18. The van der Waals surface area contributed by atoms with Crippen LogP contribution in [0.15, 0.2) is 48.5 Å². The number of aliphatic hydroxyl groups is 2. The van der Waals surface area contributed by atoms with Crippen molar-refractivity contribution in [1.82, 2.24) is 9.71 Å². The van der Waals surface area contributed by atoms with Crippen molar-refractivity contribution in [3.05, 3.63) is 76.7 Å². The lowest BCUT2D eigenvalue weighted by molar-refractivity contribution is 0.0396. The molecule has 0 spiro atoms. The van der Waals surface area contributed by atoms with Gasteiger partial charge in [0, 0.05) is 23.1 Å². The normalized spacial score (nSPS) is 18.9. The molecule has 4 atom stereocenters. The molecule has 45 heavy (non-hydrogen) atoms. The molecule has 0 fully saturated rings. The number of ether oxygens (including phenoxy) is 2. The molecule has 0 radical (unpaired) electrons. The molecule has 0 bridgehead atoms. The Morgan fingerprint density at radius 3 is 2.47 bits per heavy atom. The summed E-state index contributed by atoms with van der Waals surface area (Å²) in [5.41, 5.74) is 1.09. The zero-order valence-electron chi connectivity index (χ0n) is 27.2. The fourth-order valence-corrected chi connectivity index (χ4v) is 6.26. The number of carbonyl (C=O) groups excluding carboxylic acids is 1. The average molecular weight is 641 g/mol. The first-order valence-corrected chi connectivity index (χ1v) is 16.5. The van der Waals surface area contributed by atoms with Gasteiger partial charge in [-0.25, -0.2) is 18.3 Å². The maximum atomic E-state index is 13.8. The highest BCUT2D eigenvalue weighted by Gasteiger charge is 2.45. The Bertz CT molecular complexity index is 1550. The van der Waals surface area contributed by atoms with Gasteiger partial charge in [0.15, 0.2) is 11.5 Å². The van der Waals surface area contributed by atoms with E-state index in [0.717, 1.165) is 5.56 Å². The second kappa shape index (κ2) is 13.7. The first-order chi connectivity index (χ1) is 21.1. The van der Waals surface area contributed by atoms with Crippen molar-refractivity contribution < 1.29 is 33.1 Å². The third kappa shape index (κ3) is 7.80. The van der Waals surface area contributed by atoms with E-state index in [1.807, 2.05) is 33.8 Å². The van der Waals surface area contributed by atoms with Crippen LogP contribution in [0.2, 0.25) is 0 Å². The summed E-state index contributed by atoms with van der Waals surface area (Å²) < 4.78 is 41.6. The van der Waals surface area contributed by atoms with E-state index in [4.69, 9.17) is 14.5 Å². The molecule has 0 amide bonds. The molecule has 2 aromatic carbocycles. The molecule has 0 aliphatic carbocycles. The number of hydrogen-bond acceptors (Lipinski definition) is 7. The molecule has 0 saturated heterocycles. The van der Waals surface area contributed by atoms with Crippen LogP contribution in [0.4, 0.5) is 4.39 Å². The first kappa shape index (κ1) is 34.7. The lowest BCUT2D eigenvalue weighted by Crippen LogP contribution is -2.49. The number of carbonyl (C=O) groups is 1. The highest BCUT2D eigenvalue weighted by atomic mass is 32.2. The Kier molecular flexibility index (Phi) is 10.5. The number of ketones is 1. The lowest BCUT2D eigenvalue weighted by Gasteiger charge is -2.32. The number of pyridine rings is 1. The minimum Gasteiger partial charge on any atom is -0.496 e. The number of fused-ring (bicyclic) bond motifs is 1. The predicted octanol–water partition coefficient (Wildman–Crippen LogP) is 6.13. The van der Waals surface area contributed by atoms with Crippen LogP contribution < -0.4 is 14.2 Å². The van der Waals surface area contributed by atoms with E-state index in [9.17, 15) is 23.6 Å². The summed E-state index contributed by atoms with van der Waals surface area (Å²) in [4.78, 5) is 18.1. The molecule has 10 heteroatoms. The second-order valence-corrected chi connectivity index (χ2v) is 15.0. The SMILES string of the molecule is CCC1(NS(=O)C(C)(C)C)COc2c1cc(C(C)(O)CCC(=O)c1ccc(CC[C@@H](C)O)c(OC)c1)nc2-c1ccc(F)cc1. The number of hydrogen-bond donors (Lipinski definition) is 3. The summed E-state index contributed by atoms with van der Waals surface area (Å²) >= 11 is 0. The summed E-state index contributed by atoms with van der Waals surface area (Å²) in [5, 5.41) is 21.5. The molecule has 1 aliphatic heterocycles. The number of halogens is 1. The maximum absolute atomic E-state index is 13.8. The van der Waals surface area contributed by atoms with Crippen LogP contribution in [0.25, 0.3) is 11.3 Å². The van der Waals surface area contributed by atoms with Crippen molar-refractivity contribution in [2.75, 3.05) is 13.7 Å². The predicted molar refractivity (Wildman–Crippen MR) is 174 cm³/mol. The van der Waals surface area contributed by atoms with Crippen LogP contribution in [-0.2, 0) is 28.5 Å². The molecule has 3 unspecified atom stereocenters. The second-order valence-electron chi connectivity index (χ2n) is 13.1. The third-order valence-electron chi connectivity index (χ3n) is 8.35. The van der Waals surface area contributed by atoms with Gasteiger partial charge < -0.3 is 19.7 Å². The van der Waals surface area contributed by atoms with Gasteiger partial charge in [-0.05, 0) is 102 Å². The van der Waals surface area contributed by atoms with Gasteiger partial charge in [0.2, 0.25) is 0 Å². The highest BCUT2D eigenvalue weighted by Crippen LogP contribution is 2.47. The number of rotatable bonds is 13. The van der Waals surface area contributed by atoms with Gasteiger partial charge in [0.25, 0.3) is 0 Å². The molecule has 0 saturated carbocycles. The molecule has 3 aromatic rings. The van der Waals surface area contributed by atoms with E-state index < -0.39 is 38.8 Å². The van der Waals surface area contributed by atoms with Crippen LogP contribution in [0.5, 0.6) is 11.5 Å². The minimum atomic E-state index is -1.52. The Morgan fingerprint density at radius 2 is 1.87 bits per heavy atom. The number of aliphatic hydroxyl groups excluding tert-OH is 1. The van der Waals surface area contributed by atoms with Crippen LogP contribution >= 0.6 is 0 Å². The minimum absolute atomic E-state index is 0.0372. The Balaban J connectivity index is 1.68. The number of nitrogens with one attached hydrogen (secondary N) is 1. The van der Waals surface area contributed by atoms with E-state index in [2.05, 4.69) is 4.72 Å². The largest absolute Gasteiger partial charge is 0.496 e. The van der Waals surface area contributed by atoms with Gasteiger partial charge in [-0.3, -0.25) is 4.79 Å². The van der Waals surface area contributed by atoms with Gasteiger partial charge in [-0.15, -0.1) is 0 Å². The van der Waals surface area contributed by atoms with E-state index in [1.54, 1.807) is 51.3 Å². The van der Waals surface area contributed by atoms with E-state index >= 15 is 0 Å². The third-order valence-corrected chi connectivity index (χ3v) is 10.0. The number of methoxy groups -OCH3 is 1. The van der Waals surface area contributed by atoms with Crippen LogP contribution in [-0.4, -0.2) is 49.8 Å². The monoisotopic (exact) mass is 640 g/mol. The summed E-state index contributed by atoms with van der Waals surface area (Å²) in [7, 11) is 0.121. The van der Waals surface area contributed by atoms with Crippen LogP contribution in [0, 0.1) is 5.82 Å². The van der Waals surface area contributed by atoms with Crippen molar-refractivity contribution in [1.29, 1.82) is 0 Å². The van der Waals surface area contributed by atoms with Crippen molar-refractivity contribution >= 4 is 16.8 Å². The van der Waals surface area contributed by atoms with E-state index in [1.165, 1.54) is 12.1 Å². The standard InChI is InChI=1S/C35H45FN2O6S/c1-8-35(38-45(42)33(3,4)5)21-44-32-27(35)20-30(37-31(32)24-13-15-26(36)16-14-24)34(6,41)18-17-28(40)25-12-11-23(10-9-22(2)39)29(19-25)43-7/h11-16,19-20,22,38-39,41H,8-10,17-18,21H2,1-7H3/t22-,34?,35?,45?/m1/s1. The summed E-state index contributed by atoms with van der Waals surface area (Å²) in [6.07, 6.45) is 1.41. The van der Waals surface area contributed by atoms with Crippen molar-refractivity contribution in [2.45, 2.75) is 95.6 Å². The lowest BCUT2D eigenvalue weighted by atomic mass is 9.85. The Labute approximate surface area is 268 Å². The molecular formula is C35H45FN2O6S. The summed E-state index contributed by atoms with van der Waals surface area (Å²) in [6.45, 7) is 11.2. The van der Waals surface area contributed by atoms with Crippen molar-refractivity contribution in [3.63, 3.8) is 0 Å². The molecule has 4 rings (SSSR count).